The maximum atomic E-state index is 13.4. The second-order valence-electron chi connectivity index (χ2n) is 5.58. The number of nitrogens with zero attached hydrogens (tertiary/aromatic N) is 1. The summed E-state index contributed by atoms with van der Waals surface area (Å²) in [7, 11) is 0. The fourth-order valence-corrected chi connectivity index (χ4v) is 3.46. The third kappa shape index (κ3) is 3.91. The molecule has 26 heavy (non-hydrogen) atoms. The second kappa shape index (κ2) is 7.65. The molecular formula is C18H14F2N2O3S. The third-order valence-electron chi connectivity index (χ3n) is 3.74. The van der Waals surface area contributed by atoms with Gasteiger partial charge in [0.25, 0.3) is 0 Å². The Bertz CT molecular complexity index is 861. The van der Waals surface area contributed by atoms with Crippen LogP contribution in [0.25, 0.3) is 0 Å². The Hall–Kier alpha value is -2.74. The number of anilines is 2. The highest BCUT2D eigenvalue weighted by molar-refractivity contribution is 8.01. The summed E-state index contributed by atoms with van der Waals surface area (Å²) in [5, 5.41) is 1.95. The SMILES string of the molecule is O=C(CS[C@H]1CC(=O)N(c2ccc(F)c(F)c2)C1=O)Nc1ccccc1. The lowest BCUT2D eigenvalue weighted by molar-refractivity contribution is -0.121. The van der Waals surface area contributed by atoms with E-state index in [4.69, 9.17) is 0 Å². The Morgan fingerprint density at radius 1 is 1.12 bits per heavy atom. The number of amides is 3. The normalized spacial score (nSPS) is 16.8. The number of imide groups is 1. The van der Waals surface area contributed by atoms with Gasteiger partial charge in [-0.25, -0.2) is 13.7 Å². The van der Waals surface area contributed by atoms with Gasteiger partial charge in [0.1, 0.15) is 0 Å². The van der Waals surface area contributed by atoms with Gasteiger partial charge in [-0.3, -0.25) is 14.4 Å². The number of carbonyl (C=O) groups is 3. The summed E-state index contributed by atoms with van der Waals surface area (Å²) in [5.74, 6) is -3.56. The van der Waals surface area contributed by atoms with Crippen LogP contribution in [0.15, 0.2) is 48.5 Å². The molecule has 2 aromatic rings. The van der Waals surface area contributed by atoms with Crippen LogP contribution >= 0.6 is 11.8 Å². The Labute approximate surface area is 152 Å². The molecule has 1 N–H and O–H groups in total. The van der Waals surface area contributed by atoms with Crippen molar-refractivity contribution < 1.29 is 23.2 Å². The number of halogens is 2. The Morgan fingerprint density at radius 3 is 2.54 bits per heavy atom. The fraction of sp³-hybridized carbons (Fsp3) is 0.167. The van der Waals surface area contributed by atoms with Crippen LogP contribution in [-0.2, 0) is 14.4 Å². The van der Waals surface area contributed by atoms with E-state index in [1.54, 1.807) is 24.3 Å². The maximum Gasteiger partial charge on any atom is 0.247 e. The molecule has 1 atom stereocenters. The summed E-state index contributed by atoms with van der Waals surface area (Å²) in [6.45, 7) is 0. The molecule has 0 aromatic heterocycles. The standard InChI is InChI=1S/C18H14F2N2O3S/c19-13-7-6-12(8-14(13)20)22-17(24)9-15(18(22)25)26-10-16(23)21-11-4-2-1-3-5-11/h1-8,15H,9-10H2,(H,21,23)/t15-/m0/s1. The first-order valence-corrected chi connectivity index (χ1v) is 8.79. The van der Waals surface area contributed by atoms with E-state index in [0.29, 0.717) is 5.69 Å². The van der Waals surface area contributed by atoms with E-state index >= 15 is 0 Å². The van der Waals surface area contributed by atoms with Gasteiger partial charge >= 0.3 is 0 Å². The van der Waals surface area contributed by atoms with Crippen LogP contribution in [-0.4, -0.2) is 28.7 Å². The molecule has 1 saturated heterocycles. The number of carbonyl (C=O) groups excluding carboxylic acids is 3. The van der Waals surface area contributed by atoms with E-state index in [1.165, 1.54) is 6.07 Å². The third-order valence-corrected chi connectivity index (χ3v) is 4.94. The van der Waals surface area contributed by atoms with Crippen LogP contribution in [0.1, 0.15) is 6.42 Å². The van der Waals surface area contributed by atoms with Crippen molar-refractivity contribution in [2.24, 2.45) is 0 Å². The molecule has 1 heterocycles. The smallest absolute Gasteiger partial charge is 0.247 e. The van der Waals surface area contributed by atoms with Crippen molar-refractivity contribution in [1.29, 1.82) is 0 Å². The van der Waals surface area contributed by atoms with Crippen LogP contribution in [0.2, 0.25) is 0 Å². The summed E-state index contributed by atoms with van der Waals surface area (Å²) in [6.07, 6.45) is -0.0961. The molecular weight excluding hydrogens is 362 g/mol. The molecule has 2 aromatic carbocycles. The van der Waals surface area contributed by atoms with E-state index in [0.717, 1.165) is 28.8 Å². The Kier molecular flexibility index (Phi) is 5.32. The molecule has 0 spiro atoms. The minimum Gasteiger partial charge on any atom is -0.325 e. The molecule has 0 radical (unpaired) electrons. The topological polar surface area (TPSA) is 66.5 Å². The lowest BCUT2D eigenvalue weighted by Crippen LogP contribution is -2.31. The molecule has 3 rings (SSSR count). The quantitative estimate of drug-likeness (QED) is 0.815. The van der Waals surface area contributed by atoms with Crippen LogP contribution in [0.3, 0.4) is 0 Å². The van der Waals surface area contributed by atoms with Gasteiger partial charge in [0.05, 0.1) is 16.7 Å². The zero-order valence-electron chi connectivity index (χ0n) is 13.4. The number of hydrogen-bond donors (Lipinski definition) is 1. The van der Waals surface area contributed by atoms with E-state index in [9.17, 15) is 23.2 Å². The second-order valence-corrected chi connectivity index (χ2v) is 6.77. The van der Waals surface area contributed by atoms with Crippen LogP contribution in [0, 0.1) is 11.6 Å². The van der Waals surface area contributed by atoms with Gasteiger partial charge in [-0.05, 0) is 24.3 Å². The molecule has 1 aliphatic heterocycles. The molecule has 8 heteroatoms. The van der Waals surface area contributed by atoms with Crippen LogP contribution < -0.4 is 10.2 Å². The van der Waals surface area contributed by atoms with Crippen molar-refractivity contribution in [3.63, 3.8) is 0 Å². The van der Waals surface area contributed by atoms with Crippen LogP contribution in [0.5, 0.6) is 0 Å². The number of hydrogen-bond acceptors (Lipinski definition) is 4. The number of rotatable bonds is 5. The molecule has 0 aliphatic carbocycles. The van der Waals surface area contributed by atoms with E-state index in [2.05, 4.69) is 5.32 Å². The largest absolute Gasteiger partial charge is 0.325 e. The number of benzene rings is 2. The minimum absolute atomic E-state index is 0.00972. The molecule has 0 bridgehead atoms. The van der Waals surface area contributed by atoms with E-state index < -0.39 is 28.7 Å². The van der Waals surface area contributed by atoms with Gasteiger partial charge in [0.15, 0.2) is 11.6 Å². The van der Waals surface area contributed by atoms with Gasteiger partial charge in [-0.15, -0.1) is 11.8 Å². The van der Waals surface area contributed by atoms with Crippen molar-refractivity contribution in [3.05, 3.63) is 60.2 Å². The van der Waals surface area contributed by atoms with Gasteiger partial charge in [-0.1, -0.05) is 18.2 Å². The molecule has 134 valence electrons. The fourth-order valence-electron chi connectivity index (χ4n) is 2.52. The summed E-state index contributed by atoms with van der Waals surface area (Å²) in [5.41, 5.74) is 0.617. The first kappa shape index (κ1) is 18.1. The van der Waals surface area contributed by atoms with Crippen molar-refractivity contribution in [1.82, 2.24) is 0 Å². The number of para-hydroxylation sites is 1. The zero-order valence-corrected chi connectivity index (χ0v) is 14.3. The highest BCUT2D eigenvalue weighted by Crippen LogP contribution is 2.30. The Morgan fingerprint density at radius 2 is 1.85 bits per heavy atom. The van der Waals surface area contributed by atoms with Gasteiger partial charge in [-0.2, -0.15) is 0 Å². The van der Waals surface area contributed by atoms with Crippen molar-refractivity contribution >= 4 is 40.9 Å². The summed E-state index contributed by atoms with van der Waals surface area (Å²) < 4.78 is 26.4. The zero-order chi connectivity index (χ0) is 18.7. The Balaban J connectivity index is 1.61. The van der Waals surface area contributed by atoms with Crippen molar-refractivity contribution in [3.8, 4) is 0 Å². The lowest BCUT2D eigenvalue weighted by atomic mass is 10.3. The molecule has 0 unspecified atom stereocenters. The van der Waals surface area contributed by atoms with Gasteiger partial charge < -0.3 is 5.32 Å². The number of thioether (sulfide) groups is 1. The van der Waals surface area contributed by atoms with Gasteiger partial charge in [0.2, 0.25) is 17.7 Å². The highest BCUT2D eigenvalue weighted by atomic mass is 32.2. The first-order chi connectivity index (χ1) is 12.5. The predicted molar refractivity (Wildman–Crippen MR) is 94.8 cm³/mol. The average molecular weight is 376 g/mol. The van der Waals surface area contributed by atoms with Gasteiger partial charge in [0, 0.05) is 18.2 Å². The average Bonchev–Trinajstić information content (AvgIpc) is 2.90. The molecule has 0 saturated carbocycles. The maximum absolute atomic E-state index is 13.4. The van der Waals surface area contributed by atoms with E-state index in [1.807, 2.05) is 6.07 Å². The predicted octanol–water partition coefficient (Wildman–Crippen LogP) is 2.97. The molecule has 1 aliphatic rings. The van der Waals surface area contributed by atoms with Crippen molar-refractivity contribution in [2.45, 2.75) is 11.7 Å². The molecule has 3 amide bonds. The minimum atomic E-state index is -1.14. The summed E-state index contributed by atoms with van der Waals surface area (Å²) in [6, 6.07) is 11.7. The monoisotopic (exact) mass is 376 g/mol. The molecule has 1 fully saturated rings. The van der Waals surface area contributed by atoms with Crippen LogP contribution in [0.4, 0.5) is 20.2 Å². The number of nitrogens with one attached hydrogen (secondary N) is 1. The molecule has 5 nitrogen and oxygen atoms in total. The first-order valence-electron chi connectivity index (χ1n) is 7.74. The summed E-state index contributed by atoms with van der Waals surface area (Å²) >= 11 is 1.04. The lowest BCUT2D eigenvalue weighted by Gasteiger charge is -2.15. The van der Waals surface area contributed by atoms with E-state index in [-0.39, 0.29) is 23.8 Å². The van der Waals surface area contributed by atoms with Crippen molar-refractivity contribution in [2.75, 3.05) is 16.0 Å². The highest BCUT2D eigenvalue weighted by Gasteiger charge is 2.40. The summed E-state index contributed by atoms with van der Waals surface area (Å²) in [4.78, 5) is 37.3.